The molecule has 19 heavy (non-hydrogen) atoms. The van der Waals surface area contributed by atoms with Gasteiger partial charge in [0.05, 0.1) is 5.54 Å². The minimum absolute atomic E-state index is 0.169. The number of carbonyl (C=O) groups excluding carboxylic acids is 1. The number of amides is 1. The second kappa shape index (κ2) is 5.80. The Morgan fingerprint density at radius 2 is 2.21 bits per heavy atom. The molecule has 0 spiro atoms. The molecule has 0 aromatic rings. The first-order chi connectivity index (χ1) is 9.00. The highest BCUT2D eigenvalue weighted by molar-refractivity contribution is 5.85. The van der Waals surface area contributed by atoms with E-state index in [1.54, 1.807) is 0 Å². The van der Waals surface area contributed by atoms with E-state index in [0.29, 0.717) is 18.0 Å². The first-order valence-corrected chi connectivity index (χ1v) is 7.81. The van der Waals surface area contributed by atoms with Crippen LogP contribution >= 0.6 is 0 Å². The molecule has 3 N–H and O–H groups in total. The fourth-order valence-corrected chi connectivity index (χ4v) is 4.10. The number of likely N-dealkylation sites (tertiary alicyclic amines) is 1. The Kier molecular flexibility index (Phi) is 4.51. The highest BCUT2D eigenvalue weighted by Gasteiger charge is 2.47. The summed E-state index contributed by atoms with van der Waals surface area (Å²) < 4.78 is 0. The number of nitrogens with one attached hydrogen (secondary N) is 1. The summed E-state index contributed by atoms with van der Waals surface area (Å²) in [7, 11) is 0. The third kappa shape index (κ3) is 2.79. The number of nitrogens with zero attached hydrogens (tertiary/aromatic N) is 1. The molecule has 4 nitrogen and oxygen atoms in total. The maximum Gasteiger partial charge on any atom is 0.237 e. The number of hydrogen-bond donors (Lipinski definition) is 2. The van der Waals surface area contributed by atoms with E-state index in [9.17, 15) is 4.79 Å². The van der Waals surface area contributed by atoms with Gasteiger partial charge in [0, 0.05) is 12.1 Å². The first-order valence-electron chi connectivity index (χ1n) is 7.81. The molecule has 2 rings (SSSR count). The summed E-state index contributed by atoms with van der Waals surface area (Å²) in [5.74, 6) is 0.530. The molecule has 1 heterocycles. The summed E-state index contributed by atoms with van der Waals surface area (Å²) in [4.78, 5) is 14.5. The smallest absolute Gasteiger partial charge is 0.237 e. The van der Waals surface area contributed by atoms with Crippen molar-refractivity contribution in [2.75, 3.05) is 13.1 Å². The van der Waals surface area contributed by atoms with E-state index < -0.39 is 5.54 Å². The van der Waals surface area contributed by atoms with Crippen molar-refractivity contribution in [2.24, 2.45) is 11.7 Å². The van der Waals surface area contributed by atoms with E-state index in [1.165, 1.54) is 19.4 Å². The van der Waals surface area contributed by atoms with Crippen LogP contribution in [0.4, 0.5) is 0 Å². The number of carbonyl (C=O) groups is 1. The summed E-state index contributed by atoms with van der Waals surface area (Å²) in [6.45, 7) is 8.66. The molecule has 4 heteroatoms. The molecule has 2 aliphatic rings. The highest BCUT2D eigenvalue weighted by Crippen LogP contribution is 2.37. The van der Waals surface area contributed by atoms with E-state index in [4.69, 9.17) is 5.73 Å². The van der Waals surface area contributed by atoms with Gasteiger partial charge in [0.25, 0.3) is 0 Å². The first kappa shape index (κ1) is 14.8. The summed E-state index contributed by atoms with van der Waals surface area (Å²) in [6, 6.07) is 1.22. The lowest BCUT2D eigenvalue weighted by Crippen LogP contribution is -2.54. The number of nitrogens with two attached hydrogens (primary N) is 1. The van der Waals surface area contributed by atoms with Gasteiger partial charge in [0.1, 0.15) is 0 Å². The van der Waals surface area contributed by atoms with Gasteiger partial charge in [-0.25, -0.2) is 0 Å². The Hall–Kier alpha value is -0.610. The van der Waals surface area contributed by atoms with Crippen LogP contribution in [0.25, 0.3) is 0 Å². The fourth-order valence-electron chi connectivity index (χ4n) is 4.10. The largest absolute Gasteiger partial charge is 0.368 e. The lowest BCUT2D eigenvalue weighted by molar-refractivity contribution is -0.124. The van der Waals surface area contributed by atoms with Gasteiger partial charge in [-0.2, -0.15) is 0 Å². The number of likely N-dealkylation sites (N-methyl/N-ethyl adjacent to an activating group) is 1. The van der Waals surface area contributed by atoms with E-state index in [2.05, 4.69) is 24.1 Å². The predicted octanol–water partition coefficient (Wildman–Crippen LogP) is 1.49. The van der Waals surface area contributed by atoms with Crippen LogP contribution in [0.1, 0.15) is 52.9 Å². The fraction of sp³-hybridized carbons (Fsp3) is 0.933. The van der Waals surface area contributed by atoms with E-state index >= 15 is 0 Å². The van der Waals surface area contributed by atoms with Gasteiger partial charge < -0.3 is 11.1 Å². The topological polar surface area (TPSA) is 58.4 Å². The van der Waals surface area contributed by atoms with Crippen molar-refractivity contribution in [1.29, 1.82) is 0 Å². The van der Waals surface area contributed by atoms with Crippen molar-refractivity contribution in [1.82, 2.24) is 10.2 Å². The van der Waals surface area contributed by atoms with E-state index in [-0.39, 0.29) is 5.91 Å². The average molecular weight is 267 g/mol. The van der Waals surface area contributed by atoms with Crippen LogP contribution < -0.4 is 11.1 Å². The van der Waals surface area contributed by atoms with E-state index in [0.717, 1.165) is 25.8 Å². The van der Waals surface area contributed by atoms with Crippen LogP contribution in [0.15, 0.2) is 0 Å². The van der Waals surface area contributed by atoms with Gasteiger partial charge in [-0.05, 0) is 51.1 Å². The number of hydrogen-bond acceptors (Lipinski definition) is 3. The van der Waals surface area contributed by atoms with Crippen molar-refractivity contribution < 1.29 is 4.79 Å². The minimum atomic E-state index is -0.455. The minimum Gasteiger partial charge on any atom is -0.368 e. The zero-order valence-electron chi connectivity index (χ0n) is 12.6. The molecule has 1 aliphatic heterocycles. The second-order valence-electron chi connectivity index (χ2n) is 6.56. The SMILES string of the molecule is CCNC1(C(N)=O)CCC(N2CCCC2C(C)C)C1. The highest BCUT2D eigenvalue weighted by atomic mass is 16.1. The van der Waals surface area contributed by atoms with Crippen LogP contribution in [0.3, 0.4) is 0 Å². The van der Waals surface area contributed by atoms with Gasteiger partial charge in [-0.1, -0.05) is 20.8 Å². The van der Waals surface area contributed by atoms with Gasteiger partial charge in [-0.3, -0.25) is 9.69 Å². The normalized spacial score (nSPS) is 36.2. The van der Waals surface area contributed by atoms with Crippen molar-refractivity contribution in [2.45, 2.75) is 70.5 Å². The maximum absolute atomic E-state index is 11.8. The number of primary amides is 1. The van der Waals surface area contributed by atoms with Crippen LogP contribution in [-0.4, -0.2) is 41.5 Å². The third-order valence-corrected chi connectivity index (χ3v) is 5.06. The standard InChI is InChI=1S/C15H29N3O/c1-4-17-15(14(16)19)8-7-12(10-15)18-9-5-6-13(18)11(2)3/h11-13,17H,4-10H2,1-3H3,(H2,16,19). The van der Waals surface area contributed by atoms with Crippen molar-refractivity contribution in [3.63, 3.8) is 0 Å². The molecule has 2 fully saturated rings. The summed E-state index contributed by atoms with van der Waals surface area (Å²) in [5, 5.41) is 3.35. The zero-order chi connectivity index (χ0) is 14.0. The molecule has 0 radical (unpaired) electrons. The predicted molar refractivity (Wildman–Crippen MR) is 77.8 cm³/mol. The molecule has 0 aromatic heterocycles. The van der Waals surface area contributed by atoms with Crippen LogP contribution in [0, 0.1) is 5.92 Å². The summed E-state index contributed by atoms with van der Waals surface area (Å²) >= 11 is 0. The van der Waals surface area contributed by atoms with Gasteiger partial charge >= 0.3 is 0 Å². The molecule has 1 aliphatic carbocycles. The Labute approximate surface area is 117 Å². The van der Waals surface area contributed by atoms with Gasteiger partial charge in [-0.15, -0.1) is 0 Å². The van der Waals surface area contributed by atoms with Crippen molar-refractivity contribution >= 4 is 5.91 Å². The van der Waals surface area contributed by atoms with Crippen molar-refractivity contribution in [3.8, 4) is 0 Å². The van der Waals surface area contributed by atoms with Crippen LogP contribution in [-0.2, 0) is 4.79 Å². The quantitative estimate of drug-likeness (QED) is 0.793. The van der Waals surface area contributed by atoms with Gasteiger partial charge in [0.15, 0.2) is 0 Å². The van der Waals surface area contributed by atoms with Crippen molar-refractivity contribution in [3.05, 3.63) is 0 Å². The Morgan fingerprint density at radius 1 is 1.47 bits per heavy atom. The molecule has 0 aromatic carbocycles. The molecular weight excluding hydrogens is 238 g/mol. The summed E-state index contributed by atoms with van der Waals surface area (Å²) in [6.07, 6.45) is 5.48. The van der Waals surface area contributed by atoms with Crippen LogP contribution in [0.5, 0.6) is 0 Å². The monoisotopic (exact) mass is 267 g/mol. The average Bonchev–Trinajstić information content (AvgIpc) is 2.94. The van der Waals surface area contributed by atoms with Crippen LogP contribution in [0.2, 0.25) is 0 Å². The Balaban J connectivity index is 2.06. The molecule has 3 atom stereocenters. The molecule has 1 saturated heterocycles. The molecule has 0 bridgehead atoms. The lowest BCUT2D eigenvalue weighted by Gasteiger charge is -2.34. The number of rotatable bonds is 5. The van der Waals surface area contributed by atoms with E-state index in [1.807, 2.05) is 6.92 Å². The third-order valence-electron chi connectivity index (χ3n) is 5.06. The molecule has 1 amide bonds. The maximum atomic E-state index is 11.8. The Morgan fingerprint density at radius 3 is 2.79 bits per heavy atom. The molecule has 3 unspecified atom stereocenters. The lowest BCUT2D eigenvalue weighted by atomic mass is 9.95. The Bertz CT molecular complexity index is 331. The zero-order valence-corrected chi connectivity index (χ0v) is 12.6. The summed E-state index contributed by atoms with van der Waals surface area (Å²) in [5.41, 5.74) is 5.20. The second-order valence-corrected chi connectivity index (χ2v) is 6.56. The molecule has 1 saturated carbocycles. The molecule has 110 valence electrons. The molecular formula is C15H29N3O. The van der Waals surface area contributed by atoms with Gasteiger partial charge in [0.2, 0.25) is 5.91 Å².